The first-order valence-corrected chi connectivity index (χ1v) is 6.57. The zero-order valence-corrected chi connectivity index (χ0v) is 11.6. The molecule has 0 heterocycles. The van der Waals surface area contributed by atoms with Gasteiger partial charge in [-0.15, -0.1) is 0 Å². The van der Waals surface area contributed by atoms with E-state index in [1.54, 1.807) is 0 Å². The molecule has 0 aliphatic heterocycles. The molecule has 2 nitrogen and oxygen atoms in total. The molecular weight excluding hydrogens is 208 g/mol. The summed E-state index contributed by atoms with van der Waals surface area (Å²) in [6.07, 6.45) is 1.18. The van der Waals surface area contributed by atoms with Gasteiger partial charge in [0, 0.05) is 18.6 Å². The molecule has 1 aromatic rings. The number of nitrogens with zero attached hydrogens (tertiary/aromatic N) is 1. The summed E-state index contributed by atoms with van der Waals surface area (Å²) < 4.78 is 0. The van der Waals surface area contributed by atoms with Crippen LogP contribution in [0.25, 0.3) is 0 Å². The molecule has 0 spiro atoms. The molecular formula is C15H26N2. The molecule has 0 fully saturated rings. The van der Waals surface area contributed by atoms with Gasteiger partial charge in [-0.25, -0.2) is 0 Å². The van der Waals surface area contributed by atoms with E-state index in [1.807, 2.05) is 6.07 Å². The van der Waals surface area contributed by atoms with Crippen LogP contribution < -0.4 is 5.73 Å². The molecule has 1 rings (SSSR count). The van der Waals surface area contributed by atoms with Gasteiger partial charge >= 0.3 is 0 Å². The molecule has 0 aliphatic rings. The van der Waals surface area contributed by atoms with Crippen LogP contribution in [0.2, 0.25) is 0 Å². The molecule has 0 aromatic heterocycles. The average molecular weight is 234 g/mol. The van der Waals surface area contributed by atoms with Gasteiger partial charge in [-0.1, -0.05) is 44.2 Å². The fraction of sp³-hybridized carbons (Fsp3) is 0.600. The Bertz CT molecular complexity index is 310. The summed E-state index contributed by atoms with van der Waals surface area (Å²) in [5, 5.41) is 0. The van der Waals surface area contributed by atoms with E-state index in [4.69, 9.17) is 5.73 Å². The lowest BCUT2D eigenvalue weighted by Gasteiger charge is -2.29. The van der Waals surface area contributed by atoms with Gasteiger partial charge in [0.2, 0.25) is 0 Å². The third kappa shape index (κ3) is 4.14. The maximum absolute atomic E-state index is 6.30. The molecule has 2 N–H and O–H groups in total. The standard InChI is InChI=1S/C15H26N2/c1-5-13(3)17(4)11-12(2)15(16)14-9-7-6-8-10-14/h6-10,12-13,15H,5,11,16H2,1-4H3. The molecule has 17 heavy (non-hydrogen) atoms. The molecule has 0 radical (unpaired) electrons. The minimum atomic E-state index is 0.128. The molecule has 0 saturated carbocycles. The maximum atomic E-state index is 6.30. The zero-order valence-electron chi connectivity index (χ0n) is 11.6. The lowest BCUT2D eigenvalue weighted by Crippen LogP contribution is -2.36. The van der Waals surface area contributed by atoms with Crippen molar-refractivity contribution in [3.63, 3.8) is 0 Å². The maximum Gasteiger partial charge on any atom is 0.0333 e. The Balaban J connectivity index is 2.56. The van der Waals surface area contributed by atoms with Crippen LogP contribution >= 0.6 is 0 Å². The fourth-order valence-corrected chi connectivity index (χ4v) is 2.06. The van der Waals surface area contributed by atoms with Gasteiger partial charge in [0.25, 0.3) is 0 Å². The van der Waals surface area contributed by atoms with Crippen molar-refractivity contribution in [2.24, 2.45) is 11.7 Å². The van der Waals surface area contributed by atoms with E-state index in [-0.39, 0.29) is 6.04 Å². The van der Waals surface area contributed by atoms with Crippen molar-refractivity contribution >= 4 is 0 Å². The lowest BCUT2D eigenvalue weighted by molar-refractivity contribution is 0.206. The highest BCUT2D eigenvalue weighted by Crippen LogP contribution is 2.20. The van der Waals surface area contributed by atoms with Crippen LogP contribution in [0.15, 0.2) is 30.3 Å². The number of rotatable bonds is 6. The van der Waals surface area contributed by atoms with E-state index in [0.717, 1.165) is 6.54 Å². The van der Waals surface area contributed by atoms with Crippen LogP contribution in [-0.2, 0) is 0 Å². The van der Waals surface area contributed by atoms with Crippen molar-refractivity contribution in [3.05, 3.63) is 35.9 Å². The summed E-state index contributed by atoms with van der Waals surface area (Å²) in [6, 6.07) is 11.1. The quantitative estimate of drug-likeness (QED) is 0.819. The fourth-order valence-electron chi connectivity index (χ4n) is 2.06. The predicted octanol–water partition coefficient (Wildman–Crippen LogP) is 3.05. The summed E-state index contributed by atoms with van der Waals surface area (Å²) in [6.45, 7) is 7.77. The first kappa shape index (κ1) is 14.2. The number of nitrogens with two attached hydrogens (primary N) is 1. The SMILES string of the molecule is CCC(C)N(C)CC(C)C(N)c1ccccc1. The summed E-state index contributed by atoms with van der Waals surface area (Å²) >= 11 is 0. The van der Waals surface area contributed by atoms with Crippen molar-refractivity contribution in [1.82, 2.24) is 4.90 Å². The van der Waals surface area contributed by atoms with E-state index in [9.17, 15) is 0 Å². The molecule has 96 valence electrons. The Morgan fingerprint density at radius 3 is 2.29 bits per heavy atom. The van der Waals surface area contributed by atoms with E-state index in [1.165, 1.54) is 12.0 Å². The van der Waals surface area contributed by atoms with E-state index >= 15 is 0 Å². The molecule has 3 atom stereocenters. The van der Waals surface area contributed by atoms with Gasteiger partial charge in [-0.2, -0.15) is 0 Å². The minimum Gasteiger partial charge on any atom is -0.324 e. The molecule has 0 amide bonds. The summed E-state index contributed by atoms with van der Waals surface area (Å²) in [5.41, 5.74) is 7.54. The monoisotopic (exact) mass is 234 g/mol. The smallest absolute Gasteiger partial charge is 0.0333 e. The number of hydrogen-bond acceptors (Lipinski definition) is 2. The Kier molecular flexibility index (Phi) is 5.66. The van der Waals surface area contributed by atoms with Crippen LogP contribution in [0, 0.1) is 5.92 Å². The molecule has 3 unspecified atom stereocenters. The molecule has 2 heteroatoms. The Morgan fingerprint density at radius 2 is 1.76 bits per heavy atom. The second kappa shape index (κ2) is 6.77. The summed E-state index contributed by atoms with van der Waals surface area (Å²) in [4.78, 5) is 2.40. The van der Waals surface area contributed by atoms with Gasteiger partial charge in [0.05, 0.1) is 0 Å². The van der Waals surface area contributed by atoms with Crippen molar-refractivity contribution in [2.75, 3.05) is 13.6 Å². The Labute approximate surface area is 106 Å². The van der Waals surface area contributed by atoms with Gasteiger partial charge in [0.15, 0.2) is 0 Å². The largest absolute Gasteiger partial charge is 0.324 e. The number of benzene rings is 1. The third-order valence-electron chi connectivity index (χ3n) is 3.72. The average Bonchev–Trinajstić information content (AvgIpc) is 2.37. The first-order valence-electron chi connectivity index (χ1n) is 6.57. The molecule has 0 bridgehead atoms. The zero-order chi connectivity index (χ0) is 12.8. The van der Waals surface area contributed by atoms with E-state index in [0.29, 0.717) is 12.0 Å². The van der Waals surface area contributed by atoms with Gasteiger partial charge < -0.3 is 10.6 Å². The highest BCUT2D eigenvalue weighted by Gasteiger charge is 2.18. The minimum absolute atomic E-state index is 0.128. The van der Waals surface area contributed by atoms with Crippen molar-refractivity contribution in [1.29, 1.82) is 0 Å². The normalized spacial score (nSPS) is 16.8. The highest BCUT2D eigenvalue weighted by molar-refractivity contribution is 5.19. The van der Waals surface area contributed by atoms with Crippen LogP contribution in [0.4, 0.5) is 0 Å². The summed E-state index contributed by atoms with van der Waals surface area (Å²) in [7, 11) is 2.18. The second-order valence-corrected chi connectivity index (χ2v) is 5.11. The van der Waals surface area contributed by atoms with Crippen molar-refractivity contribution in [3.8, 4) is 0 Å². The molecule has 1 aromatic carbocycles. The van der Waals surface area contributed by atoms with E-state index < -0.39 is 0 Å². The highest BCUT2D eigenvalue weighted by atomic mass is 15.1. The van der Waals surface area contributed by atoms with Crippen LogP contribution in [0.5, 0.6) is 0 Å². The second-order valence-electron chi connectivity index (χ2n) is 5.11. The van der Waals surface area contributed by atoms with E-state index in [2.05, 4.69) is 57.0 Å². The summed E-state index contributed by atoms with van der Waals surface area (Å²) in [5.74, 6) is 0.469. The van der Waals surface area contributed by atoms with Crippen LogP contribution in [0.3, 0.4) is 0 Å². The third-order valence-corrected chi connectivity index (χ3v) is 3.72. The van der Waals surface area contributed by atoms with Gasteiger partial charge in [0.1, 0.15) is 0 Å². The van der Waals surface area contributed by atoms with Crippen molar-refractivity contribution in [2.45, 2.75) is 39.3 Å². The van der Waals surface area contributed by atoms with Crippen LogP contribution in [0.1, 0.15) is 38.8 Å². The Hall–Kier alpha value is -0.860. The van der Waals surface area contributed by atoms with Gasteiger partial charge in [-0.3, -0.25) is 0 Å². The van der Waals surface area contributed by atoms with Gasteiger partial charge in [-0.05, 0) is 31.9 Å². The number of hydrogen-bond donors (Lipinski definition) is 1. The lowest BCUT2D eigenvalue weighted by atomic mass is 9.94. The topological polar surface area (TPSA) is 29.3 Å². The first-order chi connectivity index (χ1) is 8.06. The molecule has 0 aliphatic carbocycles. The van der Waals surface area contributed by atoms with Crippen LogP contribution in [-0.4, -0.2) is 24.5 Å². The predicted molar refractivity (Wildman–Crippen MR) is 74.9 cm³/mol. The van der Waals surface area contributed by atoms with Crippen molar-refractivity contribution < 1.29 is 0 Å². The Morgan fingerprint density at radius 1 is 1.18 bits per heavy atom. The molecule has 0 saturated heterocycles.